The fourth-order valence-electron chi connectivity index (χ4n) is 4.14. The molecular weight excluding hydrogens is 370 g/mol. The average molecular weight is 395 g/mol. The third kappa shape index (κ3) is 3.30. The van der Waals surface area contributed by atoms with Crippen molar-refractivity contribution in [3.8, 4) is 0 Å². The molecular formula is C22H25N3O4. The van der Waals surface area contributed by atoms with Crippen molar-refractivity contribution in [3.05, 3.63) is 59.5 Å². The first kappa shape index (κ1) is 19.2. The van der Waals surface area contributed by atoms with Gasteiger partial charge in [0, 0.05) is 12.0 Å². The van der Waals surface area contributed by atoms with Crippen LogP contribution in [0.15, 0.2) is 46.9 Å². The van der Waals surface area contributed by atoms with Crippen molar-refractivity contribution in [1.29, 1.82) is 0 Å². The Morgan fingerprint density at radius 1 is 1.17 bits per heavy atom. The second kappa shape index (κ2) is 7.06. The molecule has 2 fully saturated rings. The van der Waals surface area contributed by atoms with Crippen LogP contribution in [0, 0.1) is 6.92 Å². The molecule has 0 bridgehead atoms. The molecule has 4 rings (SSSR count). The second-order valence-corrected chi connectivity index (χ2v) is 8.13. The fraction of sp³-hybridized carbons (Fsp3) is 0.409. The highest BCUT2D eigenvalue weighted by Crippen LogP contribution is 2.43. The number of imide groups is 1. The van der Waals surface area contributed by atoms with E-state index in [2.05, 4.69) is 22.8 Å². The number of hydrogen-bond acceptors (Lipinski definition) is 4. The molecule has 2 aliphatic rings. The zero-order valence-electron chi connectivity index (χ0n) is 16.7. The lowest BCUT2D eigenvalue weighted by Gasteiger charge is -2.42. The summed E-state index contributed by atoms with van der Waals surface area (Å²) in [6, 6.07) is 12.9. The molecule has 1 saturated heterocycles. The summed E-state index contributed by atoms with van der Waals surface area (Å²) >= 11 is 0. The van der Waals surface area contributed by atoms with Crippen LogP contribution in [0.3, 0.4) is 0 Å². The van der Waals surface area contributed by atoms with Crippen molar-refractivity contribution in [2.75, 3.05) is 13.1 Å². The SMILES string of the molecule is Cc1ccc(C2(C)NC(=O)N(CC(=O)NCC3(c4ccccc4)CCC3)C2=O)o1. The Kier molecular flexibility index (Phi) is 4.68. The number of aryl methyl sites for hydroxylation is 1. The zero-order chi connectivity index (χ0) is 20.6. The lowest BCUT2D eigenvalue weighted by atomic mass is 9.64. The van der Waals surface area contributed by atoms with Crippen LogP contribution in [0.1, 0.15) is 43.3 Å². The zero-order valence-corrected chi connectivity index (χ0v) is 16.7. The van der Waals surface area contributed by atoms with Crippen LogP contribution in [0.5, 0.6) is 0 Å². The molecule has 1 aromatic heterocycles. The third-order valence-electron chi connectivity index (χ3n) is 6.13. The Bertz CT molecular complexity index is 948. The van der Waals surface area contributed by atoms with Crippen molar-refractivity contribution >= 4 is 17.8 Å². The van der Waals surface area contributed by atoms with Crippen molar-refractivity contribution in [2.45, 2.75) is 44.1 Å². The first-order valence-corrected chi connectivity index (χ1v) is 9.87. The molecule has 2 aromatic rings. The molecule has 2 N–H and O–H groups in total. The van der Waals surface area contributed by atoms with Crippen LogP contribution in [0.4, 0.5) is 4.79 Å². The van der Waals surface area contributed by atoms with E-state index in [-0.39, 0.29) is 17.9 Å². The fourth-order valence-corrected chi connectivity index (χ4v) is 4.14. The van der Waals surface area contributed by atoms with Crippen molar-refractivity contribution in [1.82, 2.24) is 15.5 Å². The van der Waals surface area contributed by atoms with Gasteiger partial charge in [-0.2, -0.15) is 0 Å². The molecule has 1 aliphatic carbocycles. The lowest BCUT2D eigenvalue weighted by molar-refractivity contribution is -0.135. The summed E-state index contributed by atoms with van der Waals surface area (Å²) in [6.07, 6.45) is 3.14. The van der Waals surface area contributed by atoms with Crippen LogP contribution in [0.2, 0.25) is 0 Å². The lowest BCUT2D eigenvalue weighted by Crippen LogP contribution is -2.49. The second-order valence-electron chi connectivity index (χ2n) is 8.13. The standard InChI is InChI=1S/C22H25N3O4/c1-15-9-10-17(29-15)21(2)19(27)25(20(28)24-21)13-18(26)23-14-22(11-6-12-22)16-7-4-3-5-8-16/h3-5,7-10H,6,11-14H2,1-2H3,(H,23,26)(H,24,28). The largest absolute Gasteiger partial charge is 0.463 e. The number of urea groups is 1. The minimum atomic E-state index is -1.30. The molecule has 2 heterocycles. The summed E-state index contributed by atoms with van der Waals surface area (Å²) in [5.74, 6) is 0.156. The topological polar surface area (TPSA) is 91.7 Å². The molecule has 1 aromatic carbocycles. The quantitative estimate of drug-likeness (QED) is 0.736. The molecule has 1 atom stereocenters. The smallest absolute Gasteiger partial charge is 0.325 e. The van der Waals surface area contributed by atoms with Gasteiger partial charge in [0.25, 0.3) is 5.91 Å². The molecule has 7 heteroatoms. The number of rotatable bonds is 6. The average Bonchev–Trinajstić information content (AvgIpc) is 3.20. The summed E-state index contributed by atoms with van der Waals surface area (Å²) in [5.41, 5.74) is -0.151. The predicted octanol–water partition coefficient (Wildman–Crippen LogP) is 2.59. The van der Waals surface area contributed by atoms with Crippen LogP contribution in [0.25, 0.3) is 0 Å². The van der Waals surface area contributed by atoms with Gasteiger partial charge in [-0.05, 0) is 44.4 Å². The van der Waals surface area contributed by atoms with Crippen LogP contribution < -0.4 is 10.6 Å². The van der Waals surface area contributed by atoms with Gasteiger partial charge >= 0.3 is 6.03 Å². The summed E-state index contributed by atoms with van der Waals surface area (Å²) in [7, 11) is 0. The number of nitrogens with zero attached hydrogens (tertiary/aromatic N) is 1. The van der Waals surface area contributed by atoms with Gasteiger partial charge in [0.05, 0.1) is 0 Å². The highest BCUT2D eigenvalue weighted by molar-refractivity contribution is 6.08. The Morgan fingerprint density at radius 3 is 2.48 bits per heavy atom. The Morgan fingerprint density at radius 2 is 1.90 bits per heavy atom. The maximum atomic E-state index is 12.9. The summed E-state index contributed by atoms with van der Waals surface area (Å²) in [6.45, 7) is 3.53. The first-order valence-electron chi connectivity index (χ1n) is 9.87. The normalized spacial score (nSPS) is 22.9. The van der Waals surface area contributed by atoms with Gasteiger partial charge < -0.3 is 15.1 Å². The molecule has 1 aliphatic heterocycles. The molecule has 29 heavy (non-hydrogen) atoms. The van der Waals surface area contributed by atoms with Gasteiger partial charge in [0.15, 0.2) is 5.54 Å². The number of amides is 4. The predicted molar refractivity (Wildman–Crippen MR) is 106 cm³/mol. The van der Waals surface area contributed by atoms with Crippen LogP contribution in [-0.2, 0) is 20.5 Å². The van der Waals surface area contributed by atoms with Crippen LogP contribution in [-0.4, -0.2) is 35.8 Å². The molecule has 0 spiro atoms. The van der Waals surface area contributed by atoms with Gasteiger partial charge in [-0.25, -0.2) is 4.79 Å². The van der Waals surface area contributed by atoms with E-state index in [4.69, 9.17) is 4.42 Å². The van der Waals surface area contributed by atoms with E-state index in [9.17, 15) is 14.4 Å². The number of carbonyl (C=O) groups is 3. The first-order chi connectivity index (χ1) is 13.8. The van der Waals surface area contributed by atoms with E-state index in [1.54, 1.807) is 26.0 Å². The molecule has 7 nitrogen and oxygen atoms in total. The number of benzene rings is 1. The maximum absolute atomic E-state index is 12.9. The Labute approximate surface area is 169 Å². The Balaban J connectivity index is 1.41. The summed E-state index contributed by atoms with van der Waals surface area (Å²) < 4.78 is 5.54. The minimum absolute atomic E-state index is 0.0611. The van der Waals surface area contributed by atoms with E-state index < -0.39 is 17.5 Å². The van der Waals surface area contributed by atoms with Crippen molar-refractivity contribution in [2.24, 2.45) is 0 Å². The molecule has 4 amide bonds. The van der Waals surface area contributed by atoms with Gasteiger partial charge in [-0.3, -0.25) is 14.5 Å². The highest BCUT2D eigenvalue weighted by atomic mass is 16.3. The van der Waals surface area contributed by atoms with E-state index >= 15 is 0 Å². The summed E-state index contributed by atoms with van der Waals surface area (Å²) in [5, 5.41) is 5.58. The summed E-state index contributed by atoms with van der Waals surface area (Å²) in [4.78, 5) is 38.8. The monoisotopic (exact) mass is 395 g/mol. The molecule has 152 valence electrons. The van der Waals surface area contributed by atoms with E-state index in [1.807, 2.05) is 18.2 Å². The molecule has 1 unspecified atom stereocenters. The Hall–Kier alpha value is -3.09. The third-order valence-corrected chi connectivity index (χ3v) is 6.13. The minimum Gasteiger partial charge on any atom is -0.463 e. The van der Waals surface area contributed by atoms with E-state index in [0.717, 1.165) is 24.2 Å². The van der Waals surface area contributed by atoms with Gasteiger partial charge in [-0.1, -0.05) is 36.8 Å². The number of hydrogen-bond donors (Lipinski definition) is 2. The van der Waals surface area contributed by atoms with E-state index in [0.29, 0.717) is 18.1 Å². The van der Waals surface area contributed by atoms with Gasteiger partial charge in [0.1, 0.15) is 18.1 Å². The number of carbonyl (C=O) groups excluding carboxylic acids is 3. The van der Waals surface area contributed by atoms with Gasteiger partial charge in [0.2, 0.25) is 5.91 Å². The molecule has 1 saturated carbocycles. The van der Waals surface area contributed by atoms with Gasteiger partial charge in [-0.15, -0.1) is 0 Å². The van der Waals surface area contributed by atoms with E-state index in [1.165, 1.54) is 5.56 Å². The highest BCUT2D eigenvalue weighted by Gasteiger charge is 2.51. The van der Waals surface area contributed by atoms with Crippen molar-refractivity contribution < 1.29 is 18.8 Å². The van der Waals surface area contributed by atoms with Crippen LogP contribution >= 0.6 is 0 Å². The number of furan rings is 1. The maximum Gasteiger partial charge on any atom is 0.325 e. The van der Waals surface area contributed by atoms with Crippen molar-refractivity contribution in [3.63, 3.8) is 0 Å². The molecule has 0 radical (unpaired) electrons. The number of nitrogens with one attached hydrogen (secondary N) is 2.